The number of amides is 1. The Labute approximate surface area is 113 Å². The van der Waals surface area contributed by atoms with Crippen molar-refractivity contribution in [3.8, 4) is 0 Å². The molecule has 0 aliphatic heterocycles. The fraction of sp³-hybridized carbons (Fsp3) is 0.500. The van der Waals surface area contributed by atoms with E-state index in [9.17, 15) is 9.59 Å². The van der Waals surface area contributed by atoms with Gasteiger partial charge >= 0.3 is 6.09 Å². The molecule has 1 rings (SSSR count). The number of Topliss-reactive ketones (excluding diaryl/α,β-unsaturated/α-hetero) is 1. The first-order chi connectivity index (χ1) is 8.84. The number of hydrogen-bond donors (Lipinski definition) is 1. The molecule has 0 radical (unpaired) electrons. The molecule has 1 amide bonds. The standard InChI is InChI=1S/C14H20N2O3/c1-14(2,3)12(17)11(16-13(18)19-4)9-10-7-5-6-8-15-10/h5-8,11H,9H2,1-4H3,(H,16,18). The van der Waals surface area contributed by atoms with E-state index in [1.54, 1.807) is 12.3 Å². The van der Waals surface area contributed by atoms with Gasteiger partial charge in [-0.25, -0.2) is 4.79 Å². The Bertz CT molecular complexity index is 438. The number of rotatable bonds is 4. The molecule has 5 heteroatoms. The molecule has 104 valence electrons. The highest BCUT2D eigenvalue weighted by molar-refractivity contribution is 5.91. The molecule has 0 fully saturated rings. The minimum absolute atomic E-state index is 0.0523. The van der Waals surface area contributed by atoms with Crippen molar-refractivity contribution in [1.29, 1.82) is 0 Å². The number of methoxy groups -OCH3 is 1. The quantitative estimate of drug-likeness (QED) is 0.902. The van der Waals surface area contributed by atoms with Gasteiger partial charge in [0.05, 0.1) is 13.2 Å². The van der Waals surface area contributed by atoms with E-state index < -0.39 is 17.6 Å². The normalized spacial score (nSPS) is 12.6. The molecular weight excluding hydrogens is 244 g/mol. The summed E-state index contributed by atoms with van der Waals surface area (Å²) in [6.07, 6.45) is 1.40. The number of alkyl carbamates (subject to hydrolysis) is 1. The van der Waals surface area contributed by atoms with Crippen LogP contribution in [-0.4, -0.2) is 30.0 Å². The van der Waals surface area contributed by atoms with Crippen molar-refractivity contribution < 1.29 is 14.3 Å². The summed E-state index contributed by atoms with van der Waals surface area (Å²) < 4.78 is 4.56. The summed E-state index contributed by atoms with van der Waals surface area (Å²) >= 11 is 0. The number of ether oxygens (including phenoxy) is 1. The Morgan fingerprint density at radius 2 is 2.05 bits per heavy atom. The van der Waals surface area contributed by atoms with Crippen LogP contribution in [0.4, 0.5) is 4.79 Å². The summed E-state index contributed by atoms with van der Waals surface area (Å²) in [7, 11) is 1.27. The summed E-state index contributed by atoms with van der Waals surface area (Å²) in [4.78, 5) is 27.8. The highest BCUT2D eigenvalue weighted by Gasteiger charge is 2.31. The van der Waals surface area contributed by atoms with Gasteiger partial charge in [-0.15, -0.1) is 0 Å². The molecule has 5 nitrogen and oxygen atoms in total. The van der Waals surface area contributed by atoms with E-state index in [1.807, 2.05) is 32.9 Å². The molecule has 0 bridgehead atoms. The van der Waals surface area contributed by atoms with E-state index in [1.165, 1.54) is 7.11 Å². The van der Waals surface area contributed by atoms with E-state index in [0.29, 0.717) is 6.42 Å². The maximum absolute atomic E-state index is 12.3. The highest BCUT2D eigenvalue weighted by Crippen LogP contribution is 2.18. The topological polar surface area (TPSA) is 68.3 Å². The van der Waals surface area contributed by atoms with Gasteiger partial charge in [-0.05, 0) is 12.1 Å². The maximum atomic E-state index is 12.3. The molecule has 1 N–H and O–H groups in total. The molecule has 1 heterocycles. The minimum Gasteiger partial charge on any atom is -0.453 e. The predicted molar refractivity (Wildman–Crippen MR) is 71.7 cm³/mol. The Balaban J connectivity index is 2.87. The number of carbonyl (C=O) groups is 2. The number of nitrogens with zero attached hydrogens (tertiary/aromatic N) is 1. The average Bonchev–Trinajstić information content (AvgIpc) is 2.37. The van der Waals surface area contributed by atoms with Crippen LogP contribution in [0.25, 0.3) is 0 Å². The molecule has 0 aliphatic rings. The maximum Gasteiger partial charge on any atom is 0.407 e. The van der Waals surface area contributed by atoms with Gasteiger partial charge in [0, 0.05) is 23.7 Å². The third kappa shape index (κ3) is 4.69. The number of ketones is 1. The Hall–Kier alpha value is -1.91. The lowest BCUT2D eigenvalue weighted by Crippen LogP contribution is -2.47. The fourth-order valence-electron chi connectivity index (χ4n) is 1.66. The minimum atomic E-state index is -0.637. The molecule has 19 heavy (non-hydrogen) atoms. The van der Waals surface area contributed by atoms with Crippen molar-refractivity contribution in [3.05, 3.63) is 30.1 Å². The lowest BCUT2D eigenvalue weighted by atomic mass is 9.85. The largest absolute Gasteiger partial charge is 0.453 e. The third-order valence-corrected chi connectivity index (χ3v) is 2.67. The second kappa shape index (κ2) is 6.31. The molecule has 1 aromatic rings. The van der Waals surface area contributed by atoms with Crippen LogP contribution in [0.15, 0.2) is 24.4 Å². The molecule has 0 aromatic carbocycles. The van der Waals surface area contributed by atoms with Gasteiger partial charge in [0.25, 0.3) is 0 Å². The average molecular weight is 264 g/mol. The molecule has 1 unspecified atom stereocenters. The monoisotopic (exact) mass is 264 g/mol. The van der Waals surface area contributed by atoms with Crippen LogP contribution in [0.1, 0.15) is 26.5 Å². The zero-order valence-corrected chi connectivity index (χ0v) is 11.8. The van der Waals surface area contributed by atoms with Crippen molar-refractivity contribution in [2.24, 2.45) is 5.41 Å². The van der Waals surface area contributed by atoms with Crippen molar-refractivity contribution >= 4 is 11.9 Å². The predicted octanol–water partition coefficient (Wildman–Crippen LogP) is 1.96. The lowest BCUT2D eigenvalue weighted by Gasteiger charge is -2.24. The molecular formula is C14H20N2O3. The number of pyridine rings is 1. The van der Waals surface area contributed by atoms with Crippen molar-refractivity contribution in [3.63, 3.8) is 0 Å². The first-order valence-corrected chi connectivity index (χ1v) is 6.13. The van der Waals surface area contributed by atoms with Crippen molar-refractivity contribution in [2.45, 2.75) is 33.2 Å². The zero-order valence-electron chi connectivity index (χ0n) is 11.8. The van der Waals surface area contributed by atoms with E-state index in [2.05, 4.69) is 15.0 Å². The second-order valence-electron chi connectivity index (χ2n) is 5.33. The van der Waals surface area contributed by atoms with E-state index >= 15 is 0 Å². The SMILES string of the molecule is COC(=O)NC(Cc1ccccn1)C(=O)C(C)(C)C. The fourth-order valence-corrected chi connectivity index (χ4v) is 1.66. The Kier molecular flexibility index (Phi) is 5.03. The highest BCUT2D eigenvalue weighted by atomic mass is 16.5. The third-order valence-electron chi connectivity index (χ3n) is 2.67. The summed E-state index contributed by atoms with van der Waals surface area (Å²) in [6.45, 7) is 5.46. The van der Waals surface area contributed by atoms with Gasteiger partial charge < -0.3 is 10.1 Å². The van der Waals surface area contributed by atoms with Gasteiger partial charge in [0.15, 0.2) is 5.78 Å². The molecule has 1 aromatic heterocycles. The lowest BCUT2D eigenvalue weighted by molar-refractivity contribution is -0.128. The zero-order chi connectivity index (χ0) is 14.5. The van der Waals surface area contributed by atoms with Gasteiger partial charge in [0.2, 0.25) is 0 Å². The van der Waals surface area contributed by atoms with Gasteiger partial charge in [-0.3, -0.25) is 9.78 Å². The molecule has 0 spiro atoms. The molecule has 0 saturated heterocycles. The molecule has 0 aliphatic carbocycles. The molecule has 0 saturated carbocycles. The summed E-state index contributed by atoms with van der Waals surface area (Å²) in [5.74, 6) is -0.0523. The smallest absolute Gasteiger partial charge is 0.407 e. The van der Waals surface area contributed by atoms with Crippen LogP contribution in [-0.2, 0) is 16.0 Å². The second-order valence-corrected chi connectivity index (χ2v) is 5.33. The first kappa shape index (κ1) is 15.1. The van der Waals surface area contributed by atoms with Crippen LogP contribution in [0.2, 0.25) is 0 Å². The van der Waals surface area contributed by atoms with Crippen LogP contribution in [0, 0.1) is 5.41 Å². The summed E-state index contributed by atoms with van der Waals surface area (Å²) in [6, 6.07) is 4.83. The van der Waals surface area contributed by atoms with Gasteiger partial charge in [0.1, 0.15) is 0 Å². The first-order valence-electron chi connectivity index (χ1n) is 6.13. The van der Waals surface area contributed by atoms with E-state index in [0.717, 1.165) is 5.69 Å². The van der Waals surface area contributed by atoms with Crippen LogP contribution in [0.3, 0.4) is 0 Å². The summed E-state index contributed by atoms with van der Waals surface area (Å²) in [5.41, 5.74) is 0.210. The van der Waals surface area contributed by atoms with Crippen LogP contribution in [0.5, 0.6) is 0 Å². The van der Waals surface area contributed by atoms with Crippen LogP contribution >= 0.6 is 0 Å². The van der Waals surface area contributed by atoms with E-state index in [-0.39, 0.29) is 5.78 Å². The van der Waals surface area contributed by atoms with Gasteiger partial charge in [-0.2, -0.15) is 0 Å². The number of aromatic nitrogens is 1. The molecule has 1 atom stereocenters. The Morgan fingerprint density at radius 1 is 1.37 bits per heavy atom. The number of hydrogen-bond acceptors (Lipinski definition) is 4. The van der Waals surface area contributed by atoms with Crippen LogP contribution < -0.4 is 5.32 Å². The van der Waals surface area contributed by atoms with Crippen molar-refractivity contribution in [2.75, 3.05) is 7.11 Å². The summed E-state index contributed by atoms with van der Waals surface area (Å²) in [5, 5.41) is 2.57. The van der Waals surface area contributed by atoms with E-state index in [4.69, 9.17) is 0 Å². The van der Waals surface area contributed by atoms with Crippen molar-refractivity contribution in [1.82, 2.24) is 10.3 Å². The number of nitrogens with one attached hydrogen (secondary N) is 1. The Morgan fingerprint density at radius 3 is 2.53 bits per heavy atom. The number of carbonyl (C=O) groups excluding carboxylic acids is 2. The van der Waals surface area contributed by atoms with Gasteiger partial charge in [-0.1, -0.05) is 26.8 Å².